The lowest BCUT2D eigenvalue weighted by molar-refractivity contribution is -0.122. The van der Waals surface area contributed by atoms with E-state index in [9.17, 15) is 13.2 Å². The maximum absolute atomic E-state index is 12.8. The topological polar surface area (TPSA) is 75.7 Å². The molecular weight excluding hydrogens is 400 g/mol. The van der Waals surface area contributed by atoms with Gasteiger partial charge in [-0.05, 0) is 54.4 Å². The zero-order chi connectivity index (χ0) is 21.7. The normalized spacial score (nSPS) is 12.4. The van der Waals surface area contributed by atoms with Crippen molar-refractivity contribution in [3.63, 3.8) is 0 Å². The van der Waals surface area contributed by atoms with E-state index in [0.29, 0.717) is 24.6 Å². The van der Waals surface area contributed by atoms with E-state index in [4.69, 9.17) is 4.74 Å². The van der Waals surface area contributed by atoms with Crippen molar-refractivity contribution in [3.8, 4) is 5.75 Å². The third-order valence-corrected chi connectivity index (χ3v) is 6.07. The van der Waals surface area contributed by atoms with Crippen molar-refractivity contribution < 1.29 is 17.9 Å². The number of hydrogen-bond donors (Lipinski definition) is 1. The van der Waals surface area contributed by atoms with Crippen LogP contribution < -0.4 is 14.4 Å². The Morgan fingerprint density at radius 2 is 1.70 bits per heavy atom. The van der Waals surface area contributed by atoms with Gasteiger partial charge in [-0.2, -0.15) is 0 Å². The molecule has 0 saturated heterocycles. The summed E-state index contributed by atoms with van der Waals surface area (Å²) in [5.41, 5.74) is 1.38. The van der Waals surface area contributed by atoms with Crippen LogP contribution in [-0.4, -0.2) is 33.2 Å². The van der Waals surface area contributed by atoms with Gasteiger partial charge in [0.2, 0.25) is 15.9 Å². The van der Waals surface area contributed by atoms with Crippen LogP contribution in [0.1, 0.15) is 19.4 Å². The minimum Gasteiger partial charge on any atom is -0.494 e. The molecule has 3 aromatic rings. The molecule has 3 rings (SSSR count). The fourth-order valence-corrected chi connectivity index (χ4v) is 4.62. The maximum atomic E-state index is 12.8. The molecule has 0 aliphatic rings. The predicted molar refractivity (Wildman–Crippen MR) is 120 cm³/mol. The van der Waals surface area contributed by atoms with E-state index in [2.05, 4.69) is 5.32 Å². The second kappa shape index (κ2) is 9.17. The van der Waals surface area contributed by atoms with Crippen molar-refractivity contribution in [2.45, 2.75) is 26.4 Å². The van der Waals surface area contributed by atoms with E-state index >= 15 is 0 Å². The summed E-state index contributed by atoms with van der Waals surface area (Å²) in [6, 6.07) is 19.6. The van der Waals surface area contributed by atoms with Gasteiger partial charge in [-0.15, -0.1) is 0 Å². The van der Waals surface area contributed by atoms with Gasteiger partial charge in [-0.1, -0.05) is 42.5 Å². The van der Waals surface area contributed by atoms with Gasteiger partial charge in [0, 0.05) is 6.54 Å². The van der Waals surface area contributed by atoms with Gasteiger partial charge in [0.15, 0.2) is 0 Å². The Balaban J connectivity index is 1.79. The van der Waals surface area contributed by atoms with Crippen LogP contribution in [0.4, 0.5) is 5.69 Å². The number of carbonyl (C=O) groups is 1. The number of anilines is 1. The first kappa shape index (κ1) is 21.6. The van der Waals surface area contributed by atoms with Gasteiger partial charge < -0.3 is 10.1 Å². The Morgan fingerprint density at radius 1 is 1.03 bits per heavy atom. The van der Waals surface area contributed by atoms with Crippen molar-refractivity contribution in [2.24, 2.45) is 0 Å². The van der Waals surface area contributed by atoms with Crippen LogP contribution in [0, 0.1) is 0 Å². The molecule has 0 bridgehead atoms. The second-order valence-corrected chi connectivity index (χ2v) is 8.88. The molecule has 0 saturated carbocycles. The number of sulfonamides is 1. The predicted octanol–water partition coefficient (Wildman–Crippen LogP) is 3.71. The van der Waals surface area contributed by atoms with E-state index in [1.165, 1.54) is 0 Å². The lowest BCUT2D eigenvalue weighted by Gasteiger charge is -2.28. The number of carbonyl (C=O) groups excluding carboxylic acids is 1. The summed E-state index contributed by atoms with van der Waals surface area (Å²) in [6.45, 7) is 4.28. The quantitative estimate of drug-likeness (QED) is 0.596. The summed E-state index contributed by atoms with van der Waals surface area (Å²) in [4.78, 5) is 12.8. The molecule has 0 fully saturated rings. The largest absolute Gasteiger partial charge is 0.494 e. The molecule has 0 aliphatic heterocycles. The summed E-state index contributed by atoms with van der Waals surface area (Å²) in [6.07, 6.45) is 1.10. The lowest BCUT2D eigenvalue weighted by Crippen LogP contribution is -2.47. The van der Waals surface area contributed by atoms with Gasteiger partial charge in [-0.3, -0.25) is 9.10 Å². The Labute approximate surface area is 177 Å². The average Bonchev–Trinajstić information content (AvgIpc) is 2.72. The van der Waals surface area contributed by atoms with Crippen LogP contribution in [-0.2, 0) is 21.4 Å². The van der Waals surface area contributed by atoms with Gasteiger partial charge in [-0.25, -0.2) is 8.42 Å². The number of rotatable bonds is 8. The van der Waals surface area contributed by atoms with E-state index in [-0.39, 0.29) is 5.91 Å². The molecule has 1 atom stereocenters. The summed E-state index contributed by atoms with van der Waals surface area (Å²) in [5, 5.41) is 5.02. The SMILES string of the molecule is CCOc1ccc(N(C(C)C(=O)NCc2cccc3ccccc23)S(C)(=O)=O)cc1. The highest BCUT2D eigenvalue weighted by Gasteiger charge is 2.29. The van der Waals surface area contributed by atoms with Crippen LogP contribution in [0.5, 0.6) is 5.75 Å². The van der Waals surface area contributed by atoms with Crippen molar-refractivity contribution in [2.75, 3.05) is 17.2 Å². The molecule has 3 aromatic carbocycles. The van der Waals surface area contributed by atoms with Crippen LogP contribution >= 0.6 is 0 Å². The molecule has 1 N–H and O–H groups in total. The van der Waals surface area contributed by atoms with E-state index in [0.717, 1.165) is 26.9 Å². The molecule has 0 radical (unpaired) electrons. The molecule has 0 heterocycles. The number of hydrogen-bond acceptors (Lipinski definition) is 4. The Bertz CT molecular complexity index is 1120. The molecule has 0 aliphatic carbocycles. The zero-order valence-corrected chi connectivity index (χ0v) is 18.1. The molecule has 30 heavy (non-hydrogen) atoms. The number of benzene rings is 3. The van der Waals surface area contributed by atoms with Crippen LogP contribution in [0.2, 0.25) is 0 Å². The van der Waals surface area contributed by atoms with Crippen molar-refractivity contribution in [3.05, 3.63) is 72.3 Å². The van der Waals surface area contributed by atoms with Crippen LogP contribution in [0.3, 0.4) is 0 Å². The van der Waals surface area contributed by atoms with Crippen LogP contribution in [0.15, 0.2) is 66.7 Å². The Kier molecular flexibility index (Phi) is 6.62. The highest BCUT2D eigenvalue weighted by molar-refractivity contribution is 7.92. The van der Waals surface area contributed by atoms with Crippen molar-refractivity contribution in [1.82, 2.24) is 5.32 Å². The van der Waals surface area contributed by atoms with Gasteiger partial charge >= 0.3 is 0 Å². The molecule has 0 spiro atoms. The first-order valence-corrected chi connectivity index (χ1v) is 11.6. The standard InChI is InChI=1S/C23H26N2O4S/c1-4-29-21-14-12-20(13-15-21)25(30(3,27)28)17(2)23(26)24-16-19-10-7-9-18-8-5-6-11-22(18)19/h5-15,17H,4,16H2,1-3H3,(H,24,26). The van der Waals surface area contributed by atoms with Crippen molar-refractivity contribution >= 4 is 32.4 Å². The number of amides is 1. The lowest BCUT2D eigenvalue weighted by atomic mass is 10.0. The molecule has 6 nitrogen and oxygen atoms in total. The highest BCUT2D eigenvalue weighted by Crippen LogP contribution is 2.24. The summed E-state index contributed by atoms with van der Waals surface area (Å²) < 4.78 is 31.4. The van der Waals surface area contributed by atoms with Gasteiger partial charge in [0.05, 0.1) is 18.6 Å². The third kappa shape index (κ3) is 4.91. The highest BCUT2D eigenvalue weighted by atomic mass is 32.2. The molecule has 7 heteroatoms. The third-order valence-electron chi connectivity index (χ3n) is 4.82. The fraction of sp³-hybridized carbons (Fsp3) is 0.261. The molecule has 1 unspecified atom stereocenters. The van der Waals surface area contributed by atoms with Crippen LogP contribution in [0.25, 0.3) is 10.8 Å². The summed E-state index contributed by atoms with van der Waals surface area (Å²) >= 11 is 0. The molecule has 158 valence electrons. The smallest absolute Gasteiger partial charge is 0.243 e. The fourth-order valence-electron chi connectivity index (χ4n) is 3.44. The average molecular weight is 427 g/mol. The van der Waals surface area contributed by atoms with E-state index in [1.54, 1.807) is 31.2 Å². The van der Waals surface area contributed by atoms with E-state index < -0.39 is 16.1 Å². The monoisotopic (exact) mass is 426 g/mol. The number of ether oxygens (including phenoxy) is 1. The molecular formula is C23H26N2O4S. The van der Waals surface area contributed by atoms with Gasteiger partial charge in [0.1, 0.15) is 11.8 Å². The van der Waals surface area contributed by atoms with Gasteiger partial charge in [0.25, 0.3) is 0 Å². The molecule has 1 amide bonds. The first-order valence-electron chi connectivity index (χ1n) is 9.78. The maximum Gasteiger partial charge on any atom is 0.243 e. The Hall–Kier alpha value is -3.06. The molecule has 0 aromatic heterocycles. The summed E-state index contributed by atoms with van der Waals surface area (Å²) in [7, 11) is -3.67. The second-order valence-electron chi connectivity index (χ2n) is 7.02. The number of nitrogens with zero attached hydrogens (tertiary/aromatic N) is 1. The summed E-state index contributed by atoms with van der Waals surface area (Å²) in [5.74, 6) is 0.269. The first-order chi connectivity index (χ1) is 14.3. The van der Waals surface area contributed by atoms with Crippen molar-refractivity contribution in [1.29, 1.82) is 0 Å². The number of nitrogens with one attached hydrogen (secondary N) is 1. The minimum absolute atomic E-state index is 0.311. The number of fused-ring (bicyclic) bond motifs is 1. The van der Waals surface area contributed by atoms with E-state index in [1.807, 2.05) is 49.4 Å². The minimum atomic E-state index is -3.67. The zero-order valence-electron chi connectivity index (χ0n) is 17.3. The Morgan fingerprint density at radius 3 is 2.37 bits per heavy atom.